The summed E-state index contributed by atoms with van der Waals surface area (Å²) in [7, 11) is 0. The Hall–Kier alpha value is -1.58. The molecule has 1 aliphatic heterocycles. The maximum atomic E-state index is 12.4. The summed E-state index contributed by atoms with van der Waals surface area (Å²) >= 11 is 0. The van der Waals surface area contributed by atoms with Crippen molar-refractivity contribution in [3.63, 3.8) is 0 Å². The zero-order valence-corrected chi connectivity index (χ0v) is 11.3. The van der Waals surface area contributed by atoms with Crippen molar-refractivity contribution in [2.75, 3.05) is 18.4 Å². The second kappa shape index (κ2) is 5.38. The quantitative estimate of drug-likeness (QED) is 0.892. The average molecular weight is 247 g/mol. The molecule has 4 nitrogen and oxygen atoms in total. The Bertz CT molecular complexity index is 433. The van der Waals surface area contributed by atoms with Gasteiger partial charge >= 0.3 is 0 Å². The average Bonchev–Trinajstić information content (AvgIpc) is 2.68. The van der Waals surface area contributed by atoms with Gasteiger partial charge in [0.1, 0.15) is 5.69 Å². The van der Waals surface area contributed by atoms with Crippen LogP contribution in [0.3, 0.4) is 0 Å². The summed E-state index contributed by atoms with van der Waals surface area (Å²) in [6, 6.07) is 4.04. The van der Waals surface area contributed by atoms with Crippen LogP contribution in [0.15, 0.2) is 18.3 Å². The molecule has 1 aromatic rings. The molecule has 1 N–H and O–H groups in total. The summed E-state index contributed by atoms with van der Waals surface area (Å²) in [5.41, 5.74) is 1.49. The molecule has 0 aliphatic carbocycles. The molecule has 18 heavy (non-hydrogen) atoms. The predicted octanol–water partition coefficient (Wildman–Crippen LogP) is 2.38. The van der Waals surface area contributed by atoms with Gasteiger partial charge in [-0.05, 0) is 38.3 Å². The van der Waals surface area contributed by atoms with Crippen molar-refractivity contribution in [1.82, 2.24) is 9.88 Å². The normalized spacial score (nSPS) is 23.2. The molecule has 2 heterocycles. The van der Waals surface area contributed by atoms with Gasteiger partial charge in [-0.1, -0.05) is 6.92 Å². The third kappa shape index (κ3) is 2.63. The Kier molecular flexibility index (Phi) is 3.84. The monoisotopic (exact) mass is 247 g/mol. The van der Waals surface area contributed by atoms with Crippen molar-refractivity contribution >= 4 is 11.6 Å². The SMILES string of the molecule is CCNc1ccnc(C(=O)N2CC(C)CC2C)c1. The number of amides is 1. The highest BCUT2D eigenvalue weighted by Crippen LogP contribution is 2.24. The minimum absolute atomic E-state index is 0.0478. The van der Waals surface area contributed by atoms with E-state index in [9.17, 15) is 4.79 Å². The predicted molar refractivity (Wildman–Crippen MR) is 72.7 cm³/mol. The summed E-state index contributed by atoms with van der Waals surface area (Å²) < 4.78 is 0. The van der Waals surface area contributed by atoms with E-state index in [1.165, 1.54) is 0 Å². The highest BCUT2D eigenvalue weighted by molar-refractivity contribution is 5.93. The van der Waals surface area contributed by atoms with Gasteiger partial charge in [-0.3, -0.25) is 9.78 Å². The van der Waals surface area contributed by atoms with E-state index in [4.69, 9.17) is 0 Å². The second-order valence-corrected chi connectivity index (χ2v) is 5.11. The van der Waals surface area contributed by atoms with Crippen LogP contribution in [-0.2, 0) is 0 Å². The van der Waals surface area contributed by atoms with Gasteiger partial charge in [0.15, 0.2) is 0 Å². The maximum Gasteiger partial charge on any atom is 0.272 e. The summed E-state index contributed by atoms with van der Waals surface area (Å²) in [4.78, 5) is 18.5. The molecule has 1 saturated heterocycles. The van der Waals surface area contributed by atoms with Crippen LogP contribution in [0.4, 0.5) is 5.69 Å². The number of aromatic nitrogens is 1. The Labute approximate surface area is 108 Å². The molecule has 0 aromatic carbocycles. The van der Waals surface area contributed by atoms with Crippen molar-refractivity contribution < 1.29 is 4.79 Å². The van der Waals surface area contributed by atoms with Crippen LogP contribution >= 0.6 is 0 Å². The molecule has 0 saturated carbocycles. The number of hydrogen-bond acceptors (Lipinski definition) is 3. The number of carbonyl (C=O) groups is 1. The molecule has 1 aromatic heterocycles. The third-order valence-electron chi connectivity index (χ3n) is 3.40. The van der Waals surface area contributed by atoms with Crippen molar-refractivity contribution in [1.29, 1.82) is 0 Å². The number of anilines is 1. The molecule has 2 atom stereocenters. The highest BCUT2D eigenvalue weighted by Gasteiger charge is 2.31. The fourth-order valence-corrected chi connectivity index (χ4v) is 2.59. The van der Waals surface area contributed by atoms with Gasteiger partial charge in [0.05, 0.1) is 0 Å². The Morgan fingerprint density at radius 1 is 1.56 bits per heavy atom. The van der Waals surface area contributed by atoms with Crippen molar-refractivity contribution in [3.05, 3.63) is 24.0 Å². The molecule has 0 radical (unpaired) electrons. The van der Waals surface area contributed by atoms with E-state index < -0.39 is 0 Å². The summed E-state index contributed by atoms with van der Waals surface area (Å²) in [6.07, 6.45) is 2.77. The Morgan fingerprint density at radius 3 is 2.94 bits per heavy atom. The lowest BCUT2D eigenvalue weighted by Crippen LogP contribution is -2.34. The first-order chi connectivity index (χ1) is 8.61. The molecule has 2 unspecified atom stereocenters. The maximum absolute atomic E-state index is 12.4. The van der Waals surface area contributed by atoms with Gasteiger partial charge in [0, 0.05) is 31.0 Å². The smallest absolute Gasteiger partial charge is 0.272 e. The van der Waals surface area contributed by atoms with Crippen LogP contribution in [0, 0.1) is 5.92 Å². The van der Waals surface area contributed by atoms with Crippen LogP contribution in [0.2, 0.25) is 0 Å². The zero-order chi connectivity index (χ0) is 13.1. The Morgan fingerprint density at radius 2 is 2.33 bits per heavy atom. The van der Waals surface area contributed by atoms with Gasteiger partial charge in [-0.25, -0.2) is 0 Å². The fourth-order valence-electron chi connectivity index (χ4n) is 2.59. The second-order valence-electron chi connectivity index (χ2n) is 5.11. The Balaban J connectivity index is 2.15. The molecule has 2 rings (SSSR count). The number of hydrogen-bond donors (Lipinski definition) is 1. The van der Waals surface area contributed by atoms with Crippen molar-refractivity contribution in [2.45, 2.75) is 33.2 Å². The van der Waals surface area contributed by atoms with E-state index in [1.54, 1.807) is 6.20 Å². The third-order valence-corrected chi connectivity index (χ3v) is 3.40. The van der Waals surface area contributed by atoms with E-state index >= 15 is 0 Å². The zero-order valence-electron chi connectivity index (χ0n) is 11.3. The van der Waals surface area contributed by atoms with E-state index in [1.807, 2.05) is 24.0 Å². The van der Waals surface area contributed by atoms with Gasteiger partial charge in [0.25, 0.3) is 5.91 Å². The summed E-state index contributed by atoms with van der Waals surface area (Å²) in [5.74, 6) is 0.632. The van der Waals surface area contributed by atoms with Crippen LogP contribution in [0.5, 0.6) is 0 Å². The molecule has 1 fully saturated rings. The number of likely N-dealkylation sites (tertiary alicyclic amines) is 1. The standard InChI is InChI=1S/C14H21N3O/c1-4-15-12-5-6-16-13(8-12)14(18)17-9-10(2)7-11(17)3/h5-6,8,10-11H,4,7,9H2,1-3H3,(H,15,16). The molecular weight excluding hydrogens is 226 g/mol. The lowest BCUT2D eigenvalue weighted by atomic mass is 10.1. The number of rotatable bonds is 3. The van der Waals surface area contributed by atoms with Crippen LogP contribution in [0.25, 0.3) is 0 Å². The lowest BCUT2D eigenvalue weighted by molar-refractivity contribution is 0.0738. The number of carbonyl (C=O) groups excluding carboxylic acids is 1. The molecule has 1 aliphatic rings. The van der Waals surface area contributed by atoms with E-state index in [0.717, 1.165) is 25.2 Å². The topological polar surface area (TPSA) is 45.2 Å². The van der Waals surface area contributed by atoms with Gasteiger partial charge in [-0.2, -0.15) is 0 Å². The van der Waals surface area contributed by atoms with Crippen molar-refractivity contribution in [3.8, 4) is 0 Å². The van der Waals surface area contributed by atoms with Crippen molar-refractivity contribution in [2.24, 2.45) is 5.92 Å². The largest absolute Gasteiger partial charge is 0.385 e. The minimum atomic E-state index is 0.0478. The molecule has 4 heteroatoms. The molecule has 98 valence electrons. The summed E-state index contributed by atoms with van der Waals surface area (Å²) in [5, 5.41) is 3.20. The van der Waals surface area contributed by atoms with E-state index in [-0.39, 0.29) is 5.91 Å². The first kappa shape index (κ1) is 12.9. The van der Waals surface area contributed by atoms with Crippen LogP contribution < -0.4 is 5.32 Å². The number of pyridine rings is 1. The van der Waals surface area contributed by atoms with Gasteiger partial charge < -0.3 is 10.2 Å². The minimum Gasteiger partial charge on any atom is -0.385 e. The first-order valence-electron chi connectivity index (χ1n) is 6.62. The molecular formula is C14H21N3O. The number of nitrogens with zero attached hydrogens (tertiary/aromatic N) is 2. The summed E-state index contributed by atoms with van der Waals surface area (Å²) in [6.45, 7) is 8.01. The molecule has 1 amide bonds. The van der Waals surface area contributed by atoms with Crippen LogP contribution in [0.1, 0.15) is 37.7 Å². The highest BCUT2D eigenvalue weighted by atomic mass is 16.2. The first-order valence-corrected chi connectivity index (χ1v) is 6.62. The van der Waals surface area contributed by atoms with E-state index in [0.29, 0.717) is 17.7 Å². The molecule has 0 spiro atoms. The molecule has 0 bridgehead atoms. The van der Waals surface area contributed by atoms with E-state index in [2.05, 4.69) is 24.1 Å². The fraction of sp³-hybridized carbons (Fsp3) is 0.571. The lowest BCUT2D eigenvalue weighted by Gasteiger charge is -2.21. The van der Waals surface area contributed by atoms with Crippen LogP contribution in [-0.4, -0.2) is 34.9 Å². The van der Waals surface area contributed by atoms with Gasteiger partial charge in [0.2, 0.25) is 0 Å². The number of nitrogens with one attached hydrogen (secondary N) is 1. The van der Waals surface area contributed by atoms with Gasteiger partial charge in [-0.15, -0.1) is 0 Å².